The average Bonchev–Trinajstić information content (AvgIpc) is 2.52. The van der Waals surface area contributed by atoms with Crippen molar-refractivity contribution in [2.75, 3.05) is 0 Å². The van der Waals surface area contributed by atoms with Gasteiger partial charge in [0.15, 0.2) is 9.84 Å². The number of hydroxylamine groups is 2. The minimum Gasteiger partial charge on any atom is -0.331 e. The molecular weight excluding hydrogens is 339 g/mol. The number of nitrogens with one attached hydrogen (secondary N) is 1. The smallest absolute Gasteiger partial charge is 0.331 e. The molecule has 4 atom stereocenters. The summed E-state index contributed by atoms with van der Waals surface area (Å²) in [5, 5.41) is 10.0. The summed E-state index contributed by atoms with van der Waals surface area (Å²) in [7, 11) is -4.11. The molecule has 2 N–H and O–H groups in total. The number of carbonyl (C=O) groups is 2. The van der Waals surface area contributed by atoms with Gasteiger partial charge in [0.25, 0.3) is 5.91 Å². The Labute approximate surface area is 138 Å². The van der Waals surface area contributed by atoms with E-state index in [1.54, 1.807) is 19.1 Å². The normalized spacial score (nSPS) is 30.7. The molecule has 24 heavy (non-hydrogen) atoms. The van der Waals surface area contributed by atoms with Gasteiger partial charge in [-0.3, -0.25) is 10.0 Å². The van der Waals surface area contributed by atoms with E-state index in [9.17, 15) is 27.6 Å². The van der Waals surface area contributed by atoms with E-state index in [-0.39, 0.29) is 22.8 Å². The Hall–Kier alpha value is -2.00. The molecule has 9 heteroatoms. The summed E-state index contributed by atoms with van der Waals surface area (Å²) in [4.78, 5) is 23.6. The van der Waals surface area contributed by atoms with Gasteiger partial charge in [-0.1, -0.05) is 12.1 Å². The quantitative estimate of drug-likeness (QED) is 0.775. The lowest BCUT2D eigenvalue weighted by atomic mass is 9.81. The number of halogens is 1. The fourth-order valence-electron chi connectivity index (χ4n) is 3.39. The van der Waals surface area contributed by atoms with Gasteiger partial charge in [-0.15, -0.1) is 5.06 Å². The molecule has 1 aliphatic carbocycles. The molecule has 1 aromatic rings. The number of sulfone groups is 1. The Balaban J connectivity index is 2.04. The zero-order chi connectivity index (χ0) is 17.6. The number of alkyl halides is 1. The summed E-state index contributed by atoms with van der Waals surface area (Å²) in [5.74, 6) is -1.87. The van der Waals surface area contributed by atoms with Crippen molar-refractivity contribution >= 4 is 21.8 Å². The number of fused-ring (bicyclic) bond motifs is 1. The van der Waals surface area contributed by atoms with Crippen molar-refractivity contribution < 1.29 is 27.6 Å². The highest BCUT2D eigenvalue weighted by atomic mass is 32.2. The lowest BCUT2D eigenvalue weighted by Gasteiger charge is -2.42. The van der Waals surface area contributed by atoms with Crippen LogP contribution in [0.25, 0.3) is 0 Å². The van der Waals surface area contributed by atoms with Gasteiger partial charge in [-0.2, -0.15) is 0 Å². The van der Waals surface area contributed by atoms with E-state index in [0.717, 1.165) is 0 Å². The van der Waals surface area contributed by atoms with Gasteiger partial charge in [0.05, 0.1) is 16.9 Å². The zero-order valence-electron chi connectivity index (χ0n) is 12.8. The second-order valence-electron chi connectivity index (χ2n) is 6.15. The number of hydrogen-bond donors (Lipinski definition) is 2. The molecule has 0 bridgehead atoms. The van der Waals surface area contributed by atoms with E-state index >= 15 is 0 Å². The molecule has 3 amide bonds. The van der Waals surface area contributed by atoms with Crippen LogP contribution < -0.4 is 5.32 Å². The fraction of sp³-hybridized carbons (Fsp3) is 0.467. The SMILES string of the molecule is Cc1cccc(S(=O)(=O)C2C(F)CCC3C(=O)N(O)C(=O)NC32)c1. The first-order valence-electron chi connectivity index (χ1n) is 7.51. The predicted octanol–water partition coefficient (Wildman–Crippen LogP) is 1.20. The monoisotopic (exact) mass is 356 g/mol. The van der Waals surface area contributed by atoms with Crippen molar-refractivity contribution in [1.29, 1.82) is 0 Å². The lowest BCUT2D eigenvalue weighted by Crippen LogP contribution is -2.67. The standard InChI is InChI=1S/C15H17FN2O5S/c1-8-3-2-4-9(7-8)24(22,23)13-11(16)6-5-10-12(13)17-15(20)18(21)14(10)19/h2-4,7,10-13,21H,5-6H2,1H3,(H,17,20). The number of aryl methyl sites for hydroxylation is 1. The molecule has 2 aliphatic rings. The maximum atomic E-state index is 14.5. The number of urea groups is 1. The van der Waals surface area contributed by atoms with Gasteiger partial charge >= 0.3 is 6.03 Å². The maximum Gasteiger partial charge on any atom is 0.348 e. The van der Waals surface area contributed by atoms with Crippen LogP contribution in [-0.2, 0) is 14.6 Å². The second kappa shape index (κ2) is 5.82. The molecule has 1 saturated carbocycles. The average molecular weight is 356 g/mol. The molecular formula is C15H17FN2O5S. The van der Waals surface area contributed by atoms with E-state index in [4.69, 9.17) is 0 Å². The molecule has 0 radical (unpaired) electrons. The summed E-state index contributed by atoms with van der Waals surface area (Å²) in [6.45, 7) is 1.71. The molecule has 2 fully saturated rings. The van der Waals surface area contributed by atoms with E-state index in [0.29, 0.717) is 5.56 Å². The van der Waals surface area contributed by atoms with E-state index in [2.05, 4.69) is 5.32 Å². The first kappa shape index (κ1) is 16.8. The Morgan fingerprint density at radius 3 is 2.67 bits per heavy atom. The number of carbonyl (C=O) groups excluding carboxylic acids is 2. The van der Waals surface area contributed by atoms with Crippen LogP contribution in [0, 0.1) is 12.8 Å². The first-order valence-corrected chi connectivity index (χ1v) is 9.06. The minimum absolute atomic E-state index is 0.0519. The molecule has 0 aromatic heterocycles. The van der Waals surface area contributed by atoms with Gasteiger partial charge in [0, 0.05) is 0 Å². The summed E-state index contributed by atoms with van der Waals surface area (Å²) in [6, 6.07) is 3.71. The topological polar surface area (TPSA) is 104 Å². The summed E-state index contributed by atoms with van der Waals surface area (Å²) in [5.41, 5.74) is 0.698. The highest BCUT2D eigenvalue weighted by molar-refractivity contribution is 7.92. The van der Waals surface area contributed by atoms with Gasteiger partial charge in [0.2, 0.25) is 0 Å². The molecule has 7 nitrogen and oxygen atoms in total. The molecule has 1 heterocycles. The highest BCUT2D eigenvalue weighted by Gasteiger charge is 2.54. The van der Waals surface area contributed by atoms with Crippen molar-refractivity contribution in [1.82, 2.24) is 10.4 Å². The molecule has 1 saturated heterocycles. The van der Waals surface area contributed by atoms with Gasteiger partial charge in [0.1, 0.15) is 11.4 Å². The van der Waals surface area contributed by atoms with E-state index in [1.165, 1.54) is 12.1 Å². The lowest BCUT2D eigenvalue weighted by molar-refractivity contribution is -0.164. The van der Waals surface area contributed by atoms with Crippen LogP contribution in [0.2, 0.25) is 0 Å². The van der Waals surface area contributed by atoms with E-state index in [1.807, 2.05) is 0 Å². The van der Waals surface area contributed by atoms with Crippen LogP contribution in [0.3, 0.4) is 0 Å². The molecule has 1 aliphatic heterocycles. The number of rotatable bonds is 2. The zero-order valence-corrected chi connectivity index (χ0v) is 13.7. The second-order valence-corrected chi connectivity index (χ2v) is 8.26. The van der Waals surface area contributed by atoms with Crippen molar-refractivity contribution in [2.45, 2.75) is 42.1 Å². The van der Waals surface area contributed by atoms with Crippen molar-refractivity contribution in [3.05, 3.63) is 29.8 Å². The predicted molar refractivity (Wildman–Crippen MR) is 80.7 cm³/mol. The Morgan fingerprint density at radius 2 is 2.00 bits per heavy atom. The third-order valence-electron chi connectivity index (χ3n) is 4.58. The molecule has 1 aromatic carbocycles. The fourth-order valence-corrected chi connectivity index (χ4v) is 5.50. The van der Waals surface area contributed by atoms with Gasteiger partial charge in [-0.25, -0.2) is 17.6 Å². The summed E-state index contributed by atoms with van der Waals surface area (Å²) in [6.07, 6.45) is -1.79. The number of amides is 3. The minimum atomic E-state index is -4.11. The number of benzene rings is 1. The van der Waals surface area contributed by atoms with Crippen molar-refractivity contribution in [3.8, 4) is 0 Å². The van der Waals surface area contributed by atoms with Crippen molar-refractivity contribution in [3.63, 3.8) is 0 Å². The summed E-state index contributed by atoms with van der Waals surface area (Å²) >= 11 is 0. The van der Waals surface area contributed by atoms with Crippen LogP contribution in [0.15, 0.2) is 29.2 Å². The third kappa shape index (κ3) is 2.57. The summed E-state index contributed by atoms with van der Waals surface area (Å²) < 4.78 is 40.4. The molecule has 3 rings (SSSR count). The highest BCUT2D eigenvalue weighted by Crippen LogP contribution is 2.37. The Bertz CT molecular complexity index is 797. The third-order valence-corrected chi connectivity index (χ3v) is 6.80. The van der Waals surface area contributed by atoms with Crippen LogP contribution in [0.1, 0.15) is 18.4 Å². The van der Waals surface area contributed by atoms with Crippen molar-refractivity contribution in [2.24, 2.45) is 5.92 Å². The molecule has 130 valence electrons. The number of imide groups is 1. The van der Waals surface area contributed by atoms with Crippen LogP contribution in [0.5, 0.6) is 0 Å². The molecule has 4 unspecified atom stereocenters. The largest absolute Gasteiger partial charge is 0.348 e. The van der Waals surface area contributed by atoms with Crippen LogP contribution in [-0.4, -0.2) is 48.1 Å². The number of hydrogen-bond acceptors (Lipinski definition) is 5. The van der Waals surface area contributed by atoms with Crippen LogP contribution >= 0.6 is 0 Å². The molecule has 0 spiro atoms. The maximum absolute atomic E-state index is 14.5. The Kier molecular flexibility index (Phi) is 4.08. The van der Waals surface area contributed by atoms with E-state index < -0.39 is 45.2 Å². The van der Waals surface area contributed by atoms with Gasteiger partial charge in [-0.05, 0) is 37.5 Å². The van der Waals surface area contributed by atoms with Crippen LogP contribution in [0.4, 0.5) is 9.18 Å². The number of nitrogens with zero attached hydrogens (tertiary/aromatic N) is 1. The van der Waals surface area contributed by atoms with Gasteiger partial charge < -0.3 is 5.32 Å². The first-order chi connectivity index (χ1) is 11.2. The Morgan fingerprint density at radius 1 is 1.29 bits per heavy atom.